The number of carbonyl (C=O) groups is 3. The first-order valence-corrected chi connectivity index (χ1v) is 6.32. The standard InChI is InChI=1S/C14H16N2O4/c1-15-6-7-16(9-13(15)18)12(17)8-10-4-2-3-5-11(10)14(19)20/h2-5H,6-9H2,1H3,(H,19,20). The lowest BCUT2D eigenvalue weighted by molar-refractivity contribution is -0.143. The van der Waals surface area contributed by atoms with E-state index in [1.54, 1.807) is 30.1 Å². The molecule has 0 atom stereocenters. The van der Waals surface area contributed by atoms with Crippen LogP contribution in [0.1, 0.15) is 15.9 Å². The molecular formula is C14H16N2O4. The van der Waals surface area contributed by atoms with E-state index in [1.165, 1.54) is 11.0 Å². The van der Waals surface area contributed by atoms with E-state index < -0.39 is 5.97 Å². The molecule has 0 aromatic heterocycles. The highest BCUT2D eigenvalue weighted by molar-refractivity contribution is 5.92. The fourth-order valence-corrected chi connectivity index (χ4v) is 2.13. The summed E-state index contributed by atoms with van der Waals surface area (Å²) in [5.74, 6) is -1.38. The Morgan fingerprint density at radius 1 is 1.25 bits per heavy atom. The first kappa shape index (κ1) is 14.0. The van der Waals surface area contributed by atoms with Crippen LogP contribution in [-0.2, 0) is 16.0 Å². The van der Waals surface area contributed by atoms with E-state index in [9.17, 15) is 14.4 Å². The largest absolute Gasteiger partial charge is 0.478 e. The maximum atomic E-state index is 12.2. The Morgan fingerprint density at radius 3 is 2.60 bits per heavy atom. The minimum atomic E-state index is -1.05. The van der Waals surface area contributed by atoms with Crippen molar-refractivity contribution in [3.8, 4) is 0 Å². The Balaban J connectivity index is 2.09. The molecule has 1 aliphatic heterocycles. The van der Waals surface area contributed by atoms with Gasteiger partial charge < -0.3 is 14.9 Å². The van der Waals surface area contributed by atoms with Gasteiger partial charge in [-0.15, -0.1) is 0 Å². The van der Waals surface area contributed by atoms with E-state index in [1.807, 2.05) is 0 Å². The van der Waals surface area contributed by atoms with E-state index in [4.69, 9.17) is 5.11 Å². The van der Waals surface area contributed by atoms with Crippen LogP contribution in [0, 0.1) is 0 Å². The SMILES string of the molecule is CN1CCN(C(=O)Cc2ccccc2C(=O)O)CC1=O. The number of carboxylic acids is 1. The van der Waals surface area contributed by atoms with Crippen molar-refractivity contribution in [2.45, 2.75) is 6.42 Å². The van der Waals surface area contributed by atoms with Gasteiger partial charge in [0.1, 0.15) is 0 Å². The molecule has 1 aromatic carbocycles. The molecule has 0 bridgehead atoms. The molecule has 6 heteroatoms. The summed E-state index contributed by atoms with van der Waals surface area (Å²) < 4.78 is 0. The van der Waals surface area contributed by atoms with Gasteiger partial charge in [0.2, 0.25) is 11.8 Å². The summed E-state index contributed by atoms with van der Waals surface area (Å²) >= 11 is 0. The first-order chi connectivity index (χ1) is 9.49. The molecule has 1 aromatic rings. The predicted octanol–water partition coefficient (Wildman–Crippen LogP) is 0.228. The maximum Gasteiger partial charge on any atom is 0.335 e. The van der Waals surface area contributed by atoms with Crippen LogP contribution >= 0.6 is 0 Å². The van der Waals surface area contributed by atoms with E-state index in [0.717, 1.165) is 0 Å². The molecule has 0 saturated carbocycles. The number of benzene rings is 1. The molecule has 0 spiro atoms. The molecule has 0 radical (unpaired) electrons. The highest BCUT2D eigenvalue weighted by Gasteiger charge is 2.25. The molecular weight excluding hydrogens is 260 g/mol. The number of carbonyl (C=O) groups excluding carboxylic acids is 2. The van der Waals surface area contributed by atoms with Crippen molar-refractivity contribution in [3.05, 3.63) is 35.4 Å². The minimum Gasteiger partial charge on any atom is -0.478 e. The number of amides is 2. The molecule has 0 aliphatic carbocycles. The van der Waals surface area contributed by atoms with Gasteiger partial charge in [0, 0.05) is 20.1 Å². The Bertz CT molecular complexity index is 556. The lowest BCUT2D eigenvalue weighted by Gasteiger charge is -2.32. The van der Waals surface area contributed by atoms with Crippen LogP contribution in [0.5, 0.6) is 0 Å². The van der Waals surface area contributed by atoms with Gasteiger partial charge in [0.05, 0.1) is 18.5 Å². The van der Waals surface area contributed by atoms with E-state index in [-0.39, 0.29) is 30.3 Å². The van der Waals surface area contributed by atoms with Crippen LogP contribution in [0.25, 0.3) is 0 Å². The summed E-state index contributed by atoms with van der Waals surface area (Å²) in [6.45, 7) is 1.05. The zero-order chi connectivity index (χ0) is 14.7. The number of hydrogen-bond donors (Lipinski definition) is 1. The highest BCUT2D eigenvalue weighted by atomic mass is 16.4. The van der Waals surface area contributed by atoms with Crippen LogP contribution in [-0.4, -0.2) is 59.4 Å². The molecule has 106 valence electrons. The minimum absolute atomic E-state index is 0.000528. The summed E-state index contributed by atoms with van der Waals surface area (Å²) in [5.41, 5.74) is 0.595. The zero-order valence-corrected chi connectivity index (χ0v) is 11.2. The topological polar surface area (TPSA) is 77.9 Å². The molecule has 20 heavy (non-hydrogen) atoms. The van der Waals surface area contributed by atoms with Gasteiger partial charge in [-0.2, -0.15) is 0 Å². The van der Waals surface area contributed by atoms with Crippen LogP contribution in [0.3, 0.4) is 0 Å². The van der Waals surface area contributed by atoms with Crippen molar-refractivity contribution in [1.82, 2.24) is 9.80 Å². The monoisotopic (exact) mass is 276 g/mol. The molecule has 1 saturated heterocycles. The second kappa shape index (κ2) is 5.73. The number of hydrogen-bond acceptors (Lipinski definition) is 3. The summed E-state index contributed by atoms with van der Waals surface area (Å²) in [5, 5.41) is 9.08. The second-order valence-electron chi connectivity index (χ2n) is 4.77. The number of nitrogens with zero attached hydrogens (tertiary/aromatic N) is 2. The molecule has 1 aliphatic rings. The quantitative estimate of drug-likeness (QED) is 0.857. The number of piperazine rings is 1. The fourth-order valence-electron chi connectivity index (χ4n) is 2.13. The third kappa shape index (κ3) is 2.96. The molecule has 2 amide bonds. The highest BCUT2D eigenvalue weighted by Crippen LogP contribution is 2.12. The summed E-state index contributed by atoms with van der Waals surface area (Å²) in [6, 6.07) is 6.42. The van der Waals surface area contributed by atoms with Gasteiger partial charge in [-0.3, -0.25) is 9.59 Å². The van der Waals surface area contributed by atoms with Crippen LogP contribution < -0.4 is 0 Å². The number of rotatable bonds is 3. The van der Waals surface area contributed by atoms with Gasteiger partial charge in [-0.25, -0.2) is 4.79 Å². The number of likely N-dealkylation sites (N-methyl/N-ethyl adjacent to an activating group) is 1. The second-order valence-corrected chi connectivity index (χ2v) is 4.77. The van der Waals surface area contributed by atoms with Gasteiger partial charge in [-0.05, 0) is 11.6 Å². The van der Waals surface area contributed by atoms with Crippen LogP contribution in [0.2, 0.25) is 0 Å². The first-order valence-electron chi connectivity index (χ1n) is 6.32. The van der Waals surface area contributed by atoms with Crippen molar-refractivity contribution in [2.75, 3.05) is 26.7 Å². The maximum absolute atomic E-state index is 12.2. The molecule has 1 fully saturated rings. The van der Waals surface area contributed by atoms with Crippen molar-refractivity contribution < 1.29 is 19.5 Å². The van der Waals surface area contributed by atoms with Gasteiger partial charge in [-0.1, -0.05) is 18.2 Å². The molecule has 1 N–H and O–H groups in total. The lowest BCUT2D eigenvalue weighted by Crippen LogP contribution is -2.51. The van der Waals surface area contributed by atoms with Gasteiger partial charge in [0.15, 0.2) is 0 Å². The van der Waals surface area contributed by atoms with Gasteiger partial charge >= 0.3 is 5.97 Å². The third-order valence-corrected chi connectivity index (χ3v) is 3.40. The average Bonchev–Trinajstić information content (AvgIpc) is 2.42. The van der Waals surface area contributed by atoms with Gasteiger partial charge in [0.25, 0.3) is 0 Å². The van der Waals surface area contributed by atoms with Crippen molar-refractivity contribution >= 4 is 17.8 Å². The van der Waals surface area contributed by atoms with Crippen molar-refractivity contribution in [3.63, 3.8) is 0 Å². The van der Waals surface area contributed by atoms with E-state index >= 15 is 0 Å². The molecule has 0 unspecified atom stereocenters. The smallest absolute Gasteiger partial charge is 0.335 e. The van der Waals surface area contributed by atoms with E-state index in [2.05, 4.69) is 0 Å². The Labute approximate surface area is 116 Å². The third-order valence-electron chi connectivity index (χ3n) is 3.40. The Hall–Kier alpha value is -2.37. The molecule has 2 rings (SSSR count). The summed E-state index contributed by atoms with van der Waals surface area (Å²) in [7, 11) is 1.70. The Kier molecular flexibility index (Phi) is 4.02. The number of aromatic carboxylic acids is 1. The molecule has 6 nitrogen and oxygen atoms in total. The summed E-state index contributed by atoms with van der Waals surface area (Å²) in [4.78, 5) is 37.9. The van der Waals surface area contributed by atoms with Crippen molar-refractivity contribution in [2.24, 2.45) is 0 Å². The predicted molar refractivity (Wildman–Crippen MR) is 71.3 cm³/mol. The fraction of sp³-hybridized carbons (Fsp3) is 0.357. The normalized spacial score (nSPS) is 15.3. The van der Waals surface area contributed by atoms with E-state index in [0.29, 0.717) is 18.7 Å². The zero-order valence-electron chi connectivity index (χ0n) is 11.2. The summed E-state index contributed by atoms with van der Waals surface area (Å²) in [6.07, 6.45) is -0.000528. The van der Waals surface area contributed by atoms with Crippen LogP contribution in [0.15, 0.2) is 24.3 Å². The lowest BCUT2D eigenvalue weighted by atomic mass is 10.0. The average molecular weight is 276 g/mol. The van der Waals surface area contributed by atoms with Crippen molar-refractivity contribution in [1.29, 1.82) is 0 Å². The Morgan fingerprint density at radius 2 is 1.95 bits per heavy atom. The number of carboxylic acid groups (broad SMARTS) is 1. The molecule has 1 heterocycles. The van der Waals surface area contributed by atoms with Crippen LogP contribution in [0.4, 0.5) is 0 Å².